The summed E-state index contributed by atoms with van der Waals surface area (Å²) in [5.74, 6) is -0.252. The number of amides is 2. The Balaban J connectivity index is 1.79. The highest BCUT2D eigenvalue weighted by Crippen LogP contribution is 2.17. The molecule has 2 aromatic carbocycles. The van der Waals surface area contributed by atoms with Gasteiger partial charge in [-0.3, -0.25) is 9.59 Å². The van der Waals surface area contributed by atoms with Gasteiger partial charge in [-0.15, -0.1) is 17.9 Å². The lowest BCUT2D eigenvalue weighted by Crippen LogP contribution is -2.42. The number of halogens is 1. The number of ether oxygens (including phenoxy) is 1. The maximum atomic E-state index is 13.3. The smallest absolute Gasteiger partial charge is 0.254 e. The fourth-order valence-corrected chi connectivity index (χ4v) is 3.93. The molecule has 5 nitrogen and oxygen atoms in total. The topological polar surface area (TPSA) is 49.9 Å². The molecule has 0 N–H and O–H groups in total. The average Bonchev–Trinajstić information content (AvgIpc) is 3.32. The monoisotopic (exact) mass is 452 g/mol. The minimum absolute atomic E-state index is 0.103. The average molecular weight is 453 g/mol. The van der Waals surface area contributed by atoms with Crippen molar-refractivity contribution in [1.82, 2.24) is 9.80 Å². The lowest BCUT2D eigenvalue weighted by atomic mass is 10.1. The van der Waals surface area contributed by atoms with Crippen LogP contribution in [0.1, 0.15) is 20.8 Å². The van der Waals surface area contributed by atoms with Crippen molar-refractivity contribution in [2.75, 3.05) is 20.2 Å². The molecule has 1 heterocycles. The molecule has 0 spiro atoms. The fourth-order valence-electron chi connectivity index (χ4n) is 3.21. The lowest BCUT2D eigenvalue weighted by molar-refractivity contribution is -0.133. The van der Waals surface area contributed by atoms with Gasteiger partial charge in [0.2, 0.25) is 5.91 Å². The first kappa shape index (κ1) is 23.2. The highest BCUT2D eigenvalue weighted by molar-refractivity contribution is 7.09. The molecule has 0 radical (unpaired) electrons. The molecule has 0 aliphatic rings. The molecule has 1 aromatic heterocycles. The van der Waals surface area contributed by atoms with Crippen LogP contribution in [0, 0.1) is 5.82 Å². The summed E-state index contributed by atoms with van der Waals surface area (Å²) in [6.45, 7) is 4.56. The van der Waals surface area contributed by atoms with Gasteiger partial charge in [0, 0.05) is 23.5 Å². The zero-order valence-electron chi connectivity index (χ0n) is 17.9. The number of nitrogens with zero attached hydrogens (tertiary/aromatic N) is 2. The molecule has 0 aliphatic heterocycles. The molecule has 7 heteroatoms. The summed E-state index contributed by atoms with van der Waals surface area (Å²) in [5, 5.41) is 1.95. The van der Waals surface area contributed by atoms with Crippen LogP contribution in [0.5, 0.6) is 5.75 Å². The summed E-state index contributed by atoms with van der Waals surface area (Å²) in [6.07, 6.45) is 1.59. The normalized spacial score (nSPS) is 10.4. The fraction of sp³-hybridized carbons (Fsp3) is 0.200. The Morgan fingerprint density at radius 2 is 1.84 bits per heavy atom. The summed E-state index contributed by atoms with van der Waals surface area (Å²) >= 11 is 1.55. The third kappa shape index (κ3) is 6.28. The van der Waals surface area contributed by atoms with E-state index >= 15 is 0 Å². The van der Waals surface area contributed by atoms with Crippen LogP contribution in [0.3, 0.4) is 0 Å². The van der Waals surface area contributed by atoms with Gasteiger partial charge in [0.15, 0.2) is 0 Å². The summed E-state index contributed by atoms with van der Waals surface area (Å²) in [4.78, 5) is 30.5. The highest BCUT2D eigenvalue weighted by Gasteiger charge is 2.22. The molecule has 3 aromatic rings. The number of carbonyl (C=O) groups is 2. The molecule has 0 fully saturated rings. The maximum absolute atomic E-state index is 13.3. The van der Waals surface area contributed by atoms with Crippen molar-refractivity contribution in [3.05, 3.63) is 101 Å². The van der Waals surface area contributed by atoms with E-state index in [0.717, 1.165) is 10.4 Å². The molecule has 0 bridgehead atoms. The molecule has 0 atom stereocenters. The predicted octanol–water partition coefficient (Wildman–Crippen LogP) is 4.75. The Bertz CT molecular complexity index is 1050. The van der Waals surface area contributed by atoms with Crippen molar-refractivity contribution >= 4 is 23.2 Å². The van der Waals surface area contributed by atoms with Crippen molar-refractivity contribution in [3.63, 3.8) is 0 Å². The van der Waals surface area contributed by atoms with E-state index < -0.39 is 0 Å². The zero-order valence-corrected chi connectivity index (χ0v) is 18.7. The van der Waals surface area contributed by atoms with E-state index in [4.69, 9.17) is 4.74 Å². The Hall–Kier alpha value is -3.45. The van der Waals surface area contributed by atoms with E-state index in [-0.39, 0.29) is 30.7 Å². The minimum Gasteiger partial charge on any atom is -0.497 e. The van der Waals surface area contributed by atoms with Crippen LogP contribution >= 0.6 is 11.3 Å². The Kier molecular flexibility index (Phi) is 8.16. The Morgan fingerprint density at radius 3 is 2.50 bits per heavy atom. The van der Waals surface area contributed by atoms with Crippen molar-refractivity contribution < 1.29 is 18.7 Å². The number of rotatable bonds is 10. The van der Waals surface area contributed by atoms with Gasteiger partial charge in [0.25, 0.3) is 5.91 Å². The molecule has 0 aliphatic carbocycles. The van der Waals surface area contributed by atoms with Gasteiger partial charge in [-0.25, -0.2) is 4.39 Å². The van der Waals surface area contributed by atoms with Crippen LogP contribution in [0.2, 0.25) is 0 Å². The lowest BCUT2D eigenvalue weighted by Gasteiger charge is -2.27. The van der Waals surface area contributed by atoms with Crippen LogP contribution in [0.25, 0.3) is 0 Å². The van der Waals surface area contributed by atoms with E-state index in [1.807, 2.05) is 17.5 Å². The predicted molar refractivity (Wildman–Crippen MR) is 124 cm³/mol. The van der Waals surface area contributed by atoms with Gasteiger partial charge in [0.1, 0.15) is 18.1 Å². The van der Waals surface area contributed by atoms with Crippen LogP contribution in [-0.4, -0.2) is 41.8 Å². The molecule has 2 amide bonds. The van der Waals surface area contributed by atoms with Gasteiger partial charge in [-0.1, -0.05) is 30.3 Å². The highest BCUT2D eigenvalue weighted by atomic mass is 32.1. The zero-order chi connectivity index (χ0) is 22.9. The number of hydrogen-bond donors (Lipinski definition) is 0. The van der Waals surface area contributed by atoms with Gasteiger partial charge in [0.05, 0.1) is 13.7 Å². The second-order valence-electron chi connectivity index (χ2n) is 7.16. The van der Waals surface area contributed by atoms with Gasteiger partial charge >= 0.3 is 0 Å². The van der Waals surface area contributed by atoms with Gasteiger partial charge in [-0.2, -0.15) is 0 Å². The van der Waals surface area contributed by atoms with Crippen molar-refractivity contribution in [1.29, 1.82) is 0 Å². The molecule has 3 rings (SSSR count). The summed E-state index contributed by atoms with van der Waals surface area (Å²) in [5.41, 5.74) is 1.24. The standard InChI is InChI=1S/C25H25FN2O3S/c1-3-13-27(25(30)20-6-4-7-22(15-20)31-2)18-24(29)28(17-23-8-5-14-32-23)16-19-9-11-21(26)12-10-19/h3-12,14-15H,1,13,16-18H2,2H3. The number of benzene rings is 2. The van der Waals surface area contributed by atoms with Gasteiger partial charge < -0.3 is 14.5 Å². The number of thiophene rings is 1. The molecular formula is C25H25FN2O3S. The van der Waals surface area contributed by atoms with Gasteiger partial charge in [-0.05, 0) is 47.3 Å². The second kappa shape index (κ2) is 11.2. The van der Waals surface area contributed by atoms with E-state index in [1.54, 1.807) is 58.7 Å². The Morgan fingerprint density at radius 1 is 1.06 bits per heavy atom. The molecule has 0 saturated heterocycles. The van der Waals surface area contributed by atoms with Crippen LogP contribution in [0.15, 0.2) is 78.7 Å². The second-order valence-corrected chi connectivity index (χ2v) is 8.19. The summed E-state index contributed by atoms with van der Waals surface area (Å²) in [6, 6.07) is 16.8. The maximum Gasteiger partial charge on any atom is 0.254 e. The first-order chi connectivity index (χ1) is 15.5. The largest absolute Gasteiger partial charge is 0.497 e. The van der Waals surface area contributed by atoms with Crippen molar-refractivity contribution in [3.8, 4) is 5.75 Å². The molecule has 0 saturated carbocycles. The summed E-state index contributed by atoms with van der Waals surface area (Å²) in [7, 11) is 1.53. The third-order valence-electron chi connectivity index (χ3n) is 4.85. The van der Waals surface area contributed by atoms with Crippen LogP contribution in [-0.2, 0) is 17.9 Å². The van der Waals surface area contributed by atoms with Crippen molar-refractivity contribution in [2.45, 2.75) is 13.1 Å². The molecule has 0 unspecified atom stereocenters. The van der Waals surface area contributed by atoms with E-state index in [1.165, 1.54) is 24.1 Å². The minimum atomic E-state index is -0.328. The molecule has 32 heavy (non-hydrogen) atoms. The third-order valence-corrected chi connectivity index (χ3v) is 5.71. The van der Waals surface area contributed by atoms with E-state index in [0.29, 0.717) is 24.4 Å². The Labute approximate surface area is 191 Å². The van der Waals surface area contributed by atoms with Crippen LogP contribution in [0.4, 0.5) is 4.39 Å². The van der Waals surface area contributed by atoms with E-state index in [2.05, 4.69) is 6.58 Å². The SMILES string of the molecule is C=CCN(CC(=O)N(Cc1ccc(F)cc1)Cc1cccs1)C(=O)c1cccc(OC)c1. The molecule has 166 valence electrons. The first-order valence-electron chi connectivity index (χ1n) is 10.1. The number of methoxy groups -OCH3 is 1. The summed E-state index contributed by atoms with van der Waals surface area (Å²) < 4.78 is 18.5. The van der Waals surface area contributed by atoms with Crippen molar-refractivity contribution in [2.24, 2.45) is 0 Å². The number of carbonyl (C=O) groups excluding carboxylic acids is 2. The van der Waals surface area contributed by atoms with Crippen LogP contribution < -0.4 is 4.74 Å². The number of hydrogen-bond acceptors (Lipinski definition) is 4. The van der Waals surface area contributed by atoms with E-state index in [9.17, 15) is 14.0 Å². The molecular weight excluding hydrogens is 427 g/mol. The first-order valence-corrected chi connectivity index (χ1v) is 11.0. The quantitative estimate of drug-likeness (QED) is 0.417.